The lowest BCUT2D eigenvalue weighted by Crippen LogP contribution is -2.39. The summed E-state index contributed by atoms with van der Waals surface area (Å²) in [6.45, 7) is 8.56. The van der Waals surface area contributed by atoms with Crippen LogP contribution in [-0.4, -0.2) is 23.0 Å². The molecule has 1 amide bonds. The van der Waals surface area contributed by atoms with E-state index in [9.17, 15) is 4.79 Å². The van der Waals surface area contributed by atoms with E-state index in [1.807, 2.05) is 13.8 Å². The number of amides is 1. The second kappa shape index (κ2) is 6.64. The molecule has 1 aliphatic rings. The molecule has 6 heteroatoms. The van der Waals surface area contributed by atoms with Crippen LogP contribution in [0.15, 0.2) is 0 Å². The topological polar surface area (TPSA) is 80.0 Å². The molecule has 2 rings (SSSR count). The number of rotatable bonds is 4. The smallest absolute Gasteiger partial charge is 0.265 e. The fourth-order valence-electron chi connectivity index (χ4n) is 3.12. The van der Waals surface area contributed by atoms with Crippen LogP contribution < -0.4 is 16.4 Å². The fourth-order valence-corrected chi connectivity index (χ4v) is 4.05. The van der Waals surface area contributed by atoms with Crippen LogP contribution in [0.25, 0.3) is 0 Å². The summed E-state index contributed by atoms with van der Waals surface area (Å²) in [6, 6.07) is 0.519. The Labute approximate surface area is 130 Å². The third-order valence-corrected chi connectivity index (χ3v) is 4.79. The summed E-state index contributed by atoms with van der Waals surface area (Å²) in [5, 5.41) is 7.02. The maximum atomic E-state index is 12.4. The van der Waals surface area contributed by atoms with E-state index in [-0.39, 0.29) is 18.0 Å². The first-order valence-corrected chi connectivity index (χ1v) is 8.50. The van der Waals surface area contributed by atoms with Gasteiger partial charge in [0, 0.05) is 12.1 Å². The van der Waals surface area contributed by atoms with Crippen molar-refractivity contribution >= 4 is 28.2 Å². The molecule has 1 aliphatic carbocycles. The van der Waals surface area contributed by atoms with Gasteiger partial charge in [0.05, 0.1) is 0 Å². The van der Waals surface area contributed by atoms with Crippen LogP contribution in [-0.2, 0) is 0 Å². The first kappa shape index (κ1) is 16.1. The van der Waals surface area contributed by atoms with E-state index in [4.69, 9.17) is 5.73 Å². The maximum Gasteiger partial charge on any atom is 0.265 e. The molecule has 0 spiro atoms. The van der Waals surface area contributed by atoms with E-state index in [0.29, 0.717) is 27.7 Å². The van der Waals surface area contributed by atoms with E-state index in [1.54, 1.807) is 0 Å². The van der Waals surface area contributed by atoms with Crippen LogP contribution in [0.5, 0.6) is 0 Å². The number of aromatic nitrogens is 1. The number of nitrogens with zero attached hydrogens (tertiary/aromatic N) is 1. The van der Waals surface area contributed by atoms with Crippen molar-refractivity contribution in [1.29, 1.82) is 0 Å². The molecular formula is C15H26N4OS. The van der Waals surface area contributed by atoms with Gasteiger partial charge in [0.15, 0.2) is 5.13 Å². The Hall–Kier alpha value is -1.30. The monoisotopic (exact) mass is 310 g/mol. The Morgan fingerprint density at radius 3 is 2.48 bits per heavy atom. The highest BCUT2D eigenvalue weighted by atomic mass is 32.1. The van der Waals surface area contributed by atoms with Crippen LogP contribution in [0, 0.1) is 11.8 Å². The van der Waals surface area contributed by atoms with Crippen molar-refractivity contribution in [2.45, 2.75) is 59.0 Å². The van der Waals surface area contributed by atoms with Crippen molar-refractivity contribution in [3.63, 3.8) is 0 Å². The van der Waals surface area contributed by atoms with Crippen molar-refractivity contribution in [1.82, 2.24) is 10.3 Å². The Bertz CT molecular complexity index is 490. The van der Waals surface area contributed by atoms with Crippen molar-refractivity contribution in [3.05, 3.63) is 4.88 Å². The Morgan fingerprint density at radius 1 is 1.29 bits per heavy atom. The average molecular weight is 310 g/mol. The third kappa shape index (κ3) is 4.33. The second-order valence-electron chi connectivity index (χ2n) is 6.62. The molecule has 0 aliphatic heterocycles. The zero-order valence-electron chi connectivity index (χ0n) is 13.3. The van der Waals surface area contributed by atoms with Crippen LogP contribution in [0.3, 0.4) is 0 Å². The number of hydrogen-bond donors (Lipinski definition) is 3. The molecule has 118 valence electrons. The molecule has 1 aromatic rings. The summed E-state index contributed by atoms with van der Waals surface area (Å²) in [4.78, 5) is 17.1. The summed E-state index contributed by atoms with van der Waals surface area (Å²) in [7, 11) is 0. The first-order chi connectivity index (χ1) is 9.85. The third-order valence-electron chi connectivity index (χ3n) is 3.79. The largest absolute Gasteiger partial charge is 0.382 e. The lowest BCUT2D eigenvalue weighted by Gasteiger charge is -2.31. The number of nitrogens with two attached hydrogens (primary N) is 1. The molecule has 0 aromatic carbocycles. The number of nitrogens with one attached hydrogen (secondary N) is 2. The van der Waals surface area contributed by atoms with Gasteiger partial charge >= 0.3 is 0 Å². The number of carbonyl (C=O) groups is 1. The van der Waals surface area contributed by atoms with E-state index in [0.717, 1.165) is 12.8 Å². The van der Waals surface area contributed by atoms with Crippen molar-refractivity contribution in [2.24, 2.45) is 11.8 Å². The lowest BCUT2D eigenvalue weighted by atomic mass is 9.80. The number of nitrogen functional groups attached to an aromatic ring is 1. The number of anilines is 2. The van der Waals surface area contributed by atoms with Gasteiger partial charge in [0.25, 0.3) is 5.91 Å². The molecule has 4 N–H and O–H groups in total. The summed E-state index contributed by atoms with van der Waals surface area (Å²) in [6.07, 6.45) is 3.34. The van der Waals surface area contributed by atoms with E-state index in [1.165, 1.54) is 17.8 Å². The summed E-state index contributed by atoms with van der Waals surface area (Å²) in [5.74, 6) is 1.55. The van der Waals surface area contributed by atoms with Gasteiger partial charge in [-0.15, -0.1) is 0 Å². The van der Waals surface area contributed by atoms with Crippen molar-refractivity contribution < 1.29 is 4.79 Å². The molecule has 21 heavy (non-hydrogen) atoms. The maximum absolute atomic E-state index is 12.4. The highest BCUT2D eigenvalue weighted by molar-refractivity contribution is 7.18. The van der Waals surface area contributed by atoms with Crippen molar-refractivity contribution in [2.75, 3.05) is 11.1 Å². The minimum absolute atomic E-state index is 0.0897. The fraction of sp³-hybridized carbons (Fsp3) is 0.733. The van der Waals surface area contributed by atoms with Gasteiger partial charge in [0.2, 0.25) is 0 Å². The Balaban J connectivity index is 2.01. The minimum Gasteiger partial charge on any atom is -0.382 e. The molecule has 0 saturated heterocycles. The zero-order valence-corrected chi connectivity index (χ0v) is 14.1. The molecule has 0 radical (unpaired) electrons. The van der Waals surface area contributed by atoms with Gasteiger partial charge < -0.3 is 16.4 Å². The minimum atomic E-state index is -0.0897. The Kier molecular flexibility index (Phi) is 5.08. The molecular weight excluding hydrogens is 284 g/mol. The number of hydrogen-bond acceptors (Lipinski definition) is 5. The standard InChI is InChI=1S/C15H26N4OS/c1-8(2)17-15-19-13(16)12(21-15)14(20)18-11-6-9(3)5-10(4)7-11/h8-11H,5-7,16H2,1-4H3,(H,17,19)(H,18,20). The van der Waals surface area contributed by atoms with Gasteiger partial charge in [-0.1, -0.05) is 25.2 Å². The summed E-state index contributed by atoms with van der Waals surface area (Å²) < 4.78 is 0. The first-order valence-electron chi connectivity index (χ1n) is 7.68. The van der Waals surface area contributed by atoms with Gasteiger partial charge in [-0.05, 0) is 44.9 Å². The highest BCUT2D eigenvalue weighted by Gasteiger charge is 2.26. The quantitative estimate of drug-likeness (QED) is 0.798. The number of thiazole rings is 1. The van der Waals surface area contributed by atoms with Gasteiger partial charge in [-0.2, -0.15) is 0 Å². The number of carbonyl (C=O) groups excluding carboxylic acids is 1. The van der Waals surface area contributed by atoms with Crippen LogP contribution >= 0.6 is 11.3 Å². The van der Waals surface area contributed by atoms with Crippen molar-refractivity contribution in [3.8, 4) is 0 Å². The van der Waals surface area contributed by atoms with Crippen LogP contribution in [0.4, 0.5) is 10.9 Å². The zero-order chi connectivity index (χ0) is 15.6. The van der Waals surface area contributed by atoms with E-state index in [2.05, 4.69) is 29.5 Å². The Morgan fingerprint density at radius 2 is 1.90 bits per heavy atom. The molecule has 2 atom stereocenters. The molecule has 1 aromatic heterocycles. The highest BCUT2D eigenvalue weighted by Crippen LogP contribution is 2.30. The van der Waals surface area contributed by atoms with Gasteiger partial charge in [-0.3, -0.25) is 4.79 Å². The predicted octanol–water partition coefficient (Wildman–Crippen LogP) is 3.10. The molecule has 1 saturated carbocycles. The van der Waals surface area contributed by atoms with Gasteiger partial charge in [0.1, 0.15) is 10.7 Å². The predicted molar refractivity (Wildman–Crippen MR) is 88.7 cm³/mol. The molecule has 1 fully saturated rings. The van der Waals surface area contributed by atoms with Crippen LogP contribution in [0.2, 0.25) is 0 Å². The second-order valence-corrected chi connectivity index (χ2v) is 7.62. The normalized spacial score (nSPS) is 25.9. The van der Waals surface area contributed by atoms with E-state index >= 15 is 0 Å². The molecule has 2 unspecified atom stereocenters. The summed E-state index contributed by atoms with van der Waals surface area (Å²) >= 11 is 1.33. The lowest BCUT2D eigenvalue weighted by molar-refractivity contribution is 0.0916. The molecule has 0 bridgehead atoms. The van der Waals surface area contributed by atoms with Gasteiger partial charge in [-0.25, -0.2) is 4.98 Å². The van der Waals surface area contributed by atoms with E-state index < -0.39 is 0 Å². The van der Waals surface area contributed by atoms with Crippen LogP contribution in [0.1, 0.15) is 56.6 Å². The molecule has 1 heterocycles. The average Bonchev–Trinajstić information content (AvgIpc) is 2.67. The molecule has 5 nitrogen and oxygen atoms in total. The SMILES string of the molecule is CC1CC(C)CC(NC(=O)c2sc(NC(C)C)nc2N)C1. The summed E-state index contributed by atoms with van der Waals surface area (Å²) in [5.41, 5.74) is 5.88.